The predicted octanol–water partition coefficient (Wildman–Crippen LogP) is 3.02. The van der Waals surface area contributed by atoms with Gasteiger partial charge in [-0.3, -0.25) is 9.59 Å². The normalized spacial score (nSPS) is 23.0. The first-order valence-corrected chi connectivity index (χ1v) is 12.8. The van der Waals surface area contributed by atoms with Gasteiger partial charge in [-0.05, 0) is 67.1 Å². The van der Waals surface area contributed by atoms with Crippen molar-refractivity contribution in [2.75, 3.05) is 19.6 Å². The second-order valence-corrected chi connectivity index (χ2v) is 11.0. The second-order valence-electron chi connectivity index (χ2n) is 8.86. The number of nitrogens with zero attached hydrogens (tertiary/aromatic N) is 2. The lowest BCUT2D eigenvalue weighted by molar-refractivity contribution is -0.144. The molecule has 0 aromatic heterocycles. The third kappa shape index (κ3) is 4.63. The molecule has 7 nitrogen and oxygen atoms in total. The van der Waals surface area contributed by atoms with Gasteiger partial charge in [-0.2, -0.15) is 4.72 Å². The van der Waals surface area contributed by atoms with Gasteiger partial charge in [0.15, 0.2) is 0 Å². The van der Waals surface area contributed by atoms with Crippen molar-refractivity contribution >= 4 is 44.2 Å². The van der Waals surface area contributed by atoms with Crippen LogP contribution in [0.5, 0.6) is 0 Å². The lowest BCUT2D eigenvalue weighted by Gasteiger charge is -2.35. The van der Waals surface area contributed by atoms with Crippen molar-refractivity contribution in [1.82, 2.24) is 14.5 Å². The third-order valence-electron chi connectivity index (χ3n) is 6.41. The average Bonchev–Trinajstić information content (AvgIpc) is 3.11. The summed E-state index contributed by atoms with van der Waals surface area (Å²) in [5, 5.41) is 2.15. The largest absolute Gasteiger partial charge is 0.341 e. The van der Waals surface area contributed by atoms with Crippen LogP contribution >= 0.6 is 11.6 Å². The maximum atomic E-state index is 13.0. The number of amides is 2. The van der Waals surface area contributed by atoms with E-state index in [1.54, 1.807) is 37.3 Å². The van der Waals surface area contributed by atoms with E-state index in [1.165, 1.54) is 11.0 Å². The number of likely N-dealkylation sites (tertiary alicyclic amines) is 2. The number of carbonyl (C=O) groups excluding carboxylic acids is 2. The van der Waals surface area contributed by atoms with Gasteiger partial charge in [0.25, 0.3) is 0 Å². The van der Waals surface area contributed by atoms with Gasteiger partial charge in [-0.1, -0.05) is 30.7 Å². The minimum absolute atomic E-state index is 0.0680. The van der Waals surface area contributed by atoms with E-state index in [1.807, 2.05) is 4.90 Å². The zero-order chi connectivity index (χ0) is 23.0. The van der Waals surface area contributed by atoms with Crippen LogP contribution in [-0.2, 0) is 19.6 Å². The summed E-state index contributed by atoms with van der Waals surface area (Å²) in [5.74, 6) is 0.0281. The van der Waals surface area contributed by atoms with E-state index in [2.05, 4.69) is 11.6 Å². The summed E-state index contributed by atoms with van der Waals surface area (Å²) in [6, 6.07) is 8.50. The minimum Gasteiger partial charge on any atom is -0.341 e. The Morgan fingerprint density at radius 1 is 1.12 bits per heavy atom. The Bertz CT molecular complexity index is 1150. The molecule has 2 amide bonds. The Morgan fingerprint density at radius 2 is 1.84 bits per heavy atom. The van der Waals surface area contributed by atoms with E-state index in [4.69, 9.17) is 11.6 Å². The van der Waals surface area contributed by atoms with Crippen LogP contribution in [0.15, 0.2) is 41.3 Å². The number of rotatable bonds is 5. The van der Waals surface area contributed by atoms with E-state index in [9.17, 15) is 18.0 Å². The Hall–Kier alpha value is -2.16. The monoisotopic (exact) mass is 477 g/mol. The number of halogens is 1. The van der Waals surface area contributed by atoms with Crippen LogP contribution < -0.4 is 4.72 Å². The van der Waals surface area contributed by atoms with E-state index in [0.717, 1.165) is 23.6 Å². The van der Waals surface area contributed by atoms with Gasteiger partial charge in [0.05, 0.1) is 4.90 Å². The predicted molar refractivity (Wildman–Crippen MR) is 124 cm³/mol. The number of nitrogens with one attached hydrogen (secondary N) is 1. The molecule has 0 bridgehead atoms. The Balaban J connectivity index is 1.45. The molecule has 2 aromatic rings. The van der Waals surface area contributed by atoms with E-state index < -0.39 is 22.1 Å². The number of fused-ring (bicyclic) bond motifs is 1. The van der Waals surface area contributed by atoms with E-state index in [-0.39, 0.29) is 16.7 Å². The molecule has 2 unspecified atom stereocenters. The first-order valence-electron chi connectivity index (χ1n) is 11.0. The molecule has 0 saturated carbocycles. The summed E-state index contributed by atoms with van der Waals surface area (Å²) in [6.45, 7) is 5.61. The first-order chi connectivity index (χ1) is 15.2. The fraction of sp³-hybridized carbons (Fsp3) is 0.478. The van der Waals surface area contributed by atoms with Gasteiger partial charge in [0, 0.05) is 24.7 Å². The number of hydrogen-bond donors (Lipinski definition) is 1. The Kier molecular flexibility index (Phi) is 6.47. The van der Waals surface area contributed by atoms with Crippen LogP contribution in [0.1, 0.15) is 33.1 Å². The molecular weight excluding hydrogens is 450 g/mol. The number of sulfonamides is 1. The topological polar surface area (TPSA) is 86.8 Å². The first kappa shape index (κ1) is 23.0. The van der Waals surface area contributed by atoms with Crippen molar-refractivity contribution < 1.29 is 18.0 Å². The number of hydrogen-bond acceptors (Lipinski definition) is 4. The standard InChI is InChI=1S/C23H28ClN3O4S/c1-15-4-3-10-26(14-15)22(28)16(2)27-11-9-21(23(27)29)25-32(30,31)20-8-6-17-12-19(24)7-5-18(17)13-20/h5-8,12-13,15-16,21,25H,3-4,9-11,14H2,1-2H3/t15?,16-,21?/m0/s1. The maximum Gasteiger partial charge on any atom is 0.245 e. The van der Waals surface area contributed by atoms with Crippen molar-refractivity contribution in [3.8, 4) is 0 Å². The molecule has 0 aliphatic carbocycles. The molecule has 2 saturated heterocycles. The summed E-state index contributed by atoms with van der Waals surface area (Å²) in [7, 11) is -3.90. The third-order valence-corrected chi connectivity index (χ3v) is 8.12. The van der Waals surface area contributed by atoms with Gasteiger partial charge in [0.1, 0.15) is 12.1 Å². The summed E-state index contributed by atoms with van der Waals surface area (Å²) >= 11 is 6.00. The summed E-state index contributed by atoms with van der Waals surface area (Å²) in [5.41, 5.74) is 0. The molecular formula is C23H28ClN3O4S. The van der Waals surface area contributed by atoms with Gasteiger partial charge in [-0.25, -0.2) is 8.42 Å². The molecule has 2 fully saturated rings. The quantitative estimate of drug-likeness (QED) is 0.717. The molecule has 1 N–H and O–H groups in total. The van der Waals surface area contributed by atoms with Crippen LogP contribution in [-0.4, -0.2) is 61.7 Å². The number of benzene rings is 2. The van der Waals surface area contributed by atoms with Crippen molar-refractivity contribution in [3.05, 3.63) is 41.4 Å². The fourth-order valence-electron chi connectivity index (χ4n) is 4.60. The highest BCUT2D eigenvalue weighted by molar-refractivity contribution is 7.89. The molecule has 0 spiro atoms. The second kappa shape index (κ2) is 9.00. The number of piperidine rings is 1. The van der Waals surface area contributed by atoms with Crippen molar-refractivity contribution in [1.29, 1.82) is 0 Å². The smallest absolute Gasteiger partial charge is 0.245 e. The van der Waals surface area contributed by atoms with Gasteiger partial charge in [0.2, 0.25) is 21.8 Å². The Morgan fingerprint density at radius 3 is 2.59 bits per heavy atom. The van der Waals surface area contributed by atoms with Crippen molar-refractivity contribution in [2.45, 2.75) is 50.1 Å². The van der Waals surface area contributed by atoms with Crippen LogP contribution in [0.4, 0.5) is 0 Å². The number of carbonyl (C=O) groups is 2. The van der Waals surface area contributed by atoms with Crippen molar-refractivity contribution in [2.24, 2.45) is 5.92 Å². The van der Waals surface area contributed by atoms with E-state index in [0.29, 0.717) is 37.0 Å². The minimum atomic E-state index is -3.90. The zero-order valence-corrected chi connectivity index (χ0v) is 19.8. The van der Waals surface area contributed by atoms with Crippen LogP contribution in [0.25, 0.3) is 10.8 Å². The summed E-state index contributed by atoms with van der Waals surface area (Å²) in [4.78, 5) is 29.3. The van der Waals surface area contributed by atoms with Crippen LogP contribution in [0.3, 0.4) is 0 Å². The fourth-order valence-corrected chi connectivity index (χ4v) is 6.04. The van der Waals surface area contributed by atoms with Crippen LogP contribution in [0, 0.1) is 5.92 Å². The van der Waals surface area contributed by atoms with Gasteiger partial charge in [-0.15, -0.1) is 0 Å². The molecule has 32 heavy (non-hydrogen) atoms. The van der Waals surface area contributed by atoms with E-state index >= 15 is 0 Å². The zero-order valence-electron chi connectivity index (χ0n) is 18.3. The SMILES string of the molecule is CC1CCCN(C(=O)[C@H](C)N2CCC(NS(=O)(=O)c3ccc4cc(Cl)ccc4c3)C2=O)C1. The van der Waals surface area contributed by atoms with Crippen molar-refractivity contribution in [3.63, 3.8) is 0 Å². The molecule has 2 heterocycles. The molecule has 2 aliphatic rings. The lowest BCUT2D eigenvalue weighted by atomic mass is 9.99. The summed E-state index contributed by atoms with van der Waals surface area (Å²) < 4.78 is 28.4. The van der Waals surface area contributed by atoms with Gasteiger partial charge < -0.3 is 9.80 Å². The Labute approximate surface area is 193 Å². The highest BCUT2D eigenvalue weighted by atomic mass is 35.5. The highest BCUT2D eigenvalue weighted by Gasteiger charge is 2.40. The maximum absolute atomic E-state index is 13.0. The van der Waals surface area contributed by atoms with Crippen LogP contribution in [0.2, 0.25) is 5.02 Å². The van der Waals surface area contributed by atoms with Gasteiger partial charge >= 0.3 is 0 Å². The summed E-state index contributed by atoms with van der Waals surface area (Å²) in [6.07, 6.45) is 2.40. The lowest BCUT2D eigenvalue weighted by Crippen LogP contribution is -2.52. The average molecular weight is 478 g/mol. The molecule has 2 aliphatic heterocycles. The highest BCUT2D eigenvalue weighted by Crippen LogP contribution is 2.25. The molecule has 3 atom stereocenters. The molecule has 0 radical (unpaired) electrons. The molecule has 2 aromatic carbocycles. The molecule has 172 valence electrons. The molecule has 9 heteroatoms. The molecule has 4 rings (SSSR count).